The summed E-state index contributed by atoms with van der Waals surface area (Å²) in [4.78, 5) is 0. The largest absolute Gasteiger partial charge is 0.487 e. The van der Waals surface area contributed by atoms with Crippen LogP contribution in [0.4, 0.5) is 4.39 Å². The van der Waals surface area contributed by atoms with Crippen molar-refractivity contribution < 1.29 is 14.2 Å². The van der Waals surface area contributed by atoms with Crippen LogP contribution in [0.25, 0.3) is 0 Å². The van der Waals surface area contributed by atoms with E-state index in [1.54, 1.807) is 18.2 Å². The highest BCUT2D eigenvalue weighted by Crippen LogP contribution is 2.31. The Morgan fingerprint density at radius 2 is 2.28 bits per heavy atom. The van der Waals surface area contributed by atoms with E-state index in [4.69, 9.17) is 4.74 Å². The molecule has 0 saturated heterocycles. The maximum atomic E-state index is 13.5. The molecule has 100 valence electrons. The van der Waals surface area contributed by atoms with Crippen LogP contribution in [-0.2, 0) is 0 Å². The number of benzene rings is 1. The fourth-order valence-corrected chi connectivity index (χ4v) is 2.58. The molecule has 1 aliphatic carbocycles. The number of hydrogen-bond donors (Lipinski definition) is 2. The van der Waals surface area contributed by atoms with Crippen LogP contribution < -0.4 is 10.1 Å². The molecule has 3 nitrogen and oxygen atoms in total. The van der Waals surface area contributed by atoms with E-state index < -0.39 is 0 Å². The van der Waals surface area contributed by atoms with Gasteiger partial charge in [0.25, 0.3) is 0 Å². The smallest absolute Gasteiger partial charge is 0.165 e. The second kappa shape index (κ2) is 5.67. The monoisotopic (exact) mass is 253 g/mol. The highest BCUT2D eigenvalue weighted by molar-refractivity contribution is 5.24. The van der Waals surface area contributed by atoms with E-state index in [0.29, 0.717) is 12.2 Å². The van der Waals surface area contributed by atoms with Gasteiger partial charge in [0.05, 0.1) is 6.61 Å². The highest BCUT2D eigenvalue weighted by Gasteiger charge is 2.35. The first-order valence-electron chi connectivity index (χ1n) is 6.40. The zero-order valence-corrected chi connectivity index (χ0v) is 10.7. The van der Waals surface area contributed by atoms with Crippen molar-refractivity contribution in [1.29, 1.82) is 0 Å². The van der Waals surface area contributed by atoms with Crippen molar-refractivity contribution in [3.05, 3.63) is 30.1 Å². The van der Waals surface area contributed by atoms with Gasteiger partial charge in [0, 0.05) is 12.0 Å². The highest BCUT2D eigenvalue weighted by atomic mass is 19.1. The van der Waals surface area contributed by atoms with Crippen LogP contribution in [-0.4, -0.2) is 30.4 Å². The fourth-order valence-electron chi connectivity index (χ4n) is 2.58. The summed E-state index contributed by atoms with van der Waals surface area (Å²) in [6.45, 7) is 0.0840. The molecule has 2 atom stereocenters. The number of likely N-dealkylation sites (N-methyl/N-ethyl adjacent to an activating group) is 1. The van der Waals surface area contributed by atoms with Gasteiger partial charge in [-0.1, -0.05) is 12.1 Å². The molecular formula is C14H20FNO2. The lowest BCUT2D eigenvalue weighted by Gasteiger charge is -2.39. The van der Waals surface area contributed by atoms with Gasteiger partial charge in [-0.25, -0.2) is 4.39 Å². The number of nitrogens with one attached hydrogen (secondary N) is 1. The summed E-state index contributed by atoms with van der Waals surface area (Å²) >= 11 is 0. The molecule has 2 N–H and O–H groups in total. The average molecular weight is 253 g/mol. The zero-order chi connectivity index (χ0) is 13.0. The van der Waals surface area contributed by atoms with E-state index >= 15 is 0 Å². The molecule has 0 aromatic heterocycles. The van der Waals surface area contributed by atoms with E-state index in [2.05, 4.69) is 5.32 Å². The molecule has 0 amide bonds. The minimum Gasteiger partial charge on any atom is -0.487 e. The Balaban J connectivity index is 2.04. The minimum absolute atomic E-state index is 0.0461. The predicted molar refractivity (Wildman–Crippen MR) is 68.2 cm³/mol. The van der Waals surface area contributed by atoms with Gasteiger partial charge in [0.2, 0.25) is 0 Å². The van der Waals surface area contributed by atoms with E-state index in [1.165, 1.54) is 6.07 Å². The van der Waals surface area contributed by atoms with Gasteiger partial charge in [-0.15, -0.1) is 0 Å². The summed E-state index contributed by atoms with van der Waals surface area (Å²) in [5.74, 6) is -0.0329. The Bertz CT molecular complexity index is 393. The molecule has 0 heterocycles. The summed E-state index contributed by atoms with van der Waals surface area (Å²) in [5.41, 5.74) is -0.284. The van der Waals surface area contributed by atoms with Crippen molar-refractivity contribution in [2.24, 2.45) is 0 Å². The second-order valence-electron chi connectivity index (χ2n) is 4.96. The fraction of sp³-hybridized carbons (Fsp3) is 0.571. The Kier molecular flexibility index (Phi) is 4.19. The predicted octanol–water partition coefficient (Wildman–Crippen LogP) is 2.10. The van der Waals surface area contributed by atoms with Gasteiger partial charge < -0.3 is 15.2 Å². The first kappa shape index (κ1) is 13.3. The molecule has 0 bridgehead atoms. The molecule has 1 aromatic carbocycles. The number of ether oxygens (including phenoxy) is 1. The molecule has 2 rings (SSSR count). The Morgan fingerprint density at radius 1 is 1.50 bits per heavy atom. The molecule has 0 aliphatic heterocycles. The van der Waals surface area contributed by atoms with Crippen LogP contribution in [0.3, 0.4) is 0 Å². The van der Waals surface area contributed by atoms with Crippen molar-refractivity contribution in [2.75, 3.05) is 13.7 Å². The van der Waals surface area contributed by atoms with Gasteiger partial charge >= 0.3 is 0 Å². The Hall–Kier alpha value is -1.13. The van der Waals surface area contributed by atoms with Crippen molar-refractivity contribution in [3.63, 3.8) is 0 Å². The Labute approximate surface area is 107 Å². The zero-order valence-electron chi connectivity index (χ0n) is 10.7. The lowest BCUT2D eigenvalue weighted by Crippen LogP contribution is -2.52. The van der Waals surface area contributed by atoms with Crippen LogP contribution in [0.15, 0.2) is 24.3 Å². The molecule has 2 unspecified atom stereocenters. The number of aliphatic hydroxyl groups is 1. The molecule has 18 heavy (non-hydrogen) atoms. The van der Waals surface area contributed by atoms with E-state index in [9.17, 15) is 9.50 Å². The first-order chi connectivity index (χ1) is 8.69. The van der Waals surface area contributed by atoms with Gasteiger partial charge in [-0.05, 0) is 38.4 Å². The number of para-hydroxylation sites is 1. The third-order valence-corrected chi connectivity index (χ3v) is 3.76. The number of halogens is 1. The first-order valence-corrected chi connectivity index (χ1v) is 6.40. The van der Waals surface area contributed by atoms with Crippen LogP contribution in [0.2, 0.25) is 0 Å². The summed E-state index contributed by atoms with van der Waals surface area (Å²) in [5, 5.41) is 12.7. The molecule has 0 spiro atoms. The molecule has 1 aromatic rings. The van der Waals surface area contributed by atoms with Crippen LogP contribution in [0.1, 0.15) is 25.7 Å². The summed E-state index contributed by atoms with van der Waals surface area (Å²) in [6, 6.07) is 6.45. The third-order valence-electron chi connectivity index (χ3n) is 3.76. The quantitative estimate of drug-likeness (QED) is 0.863. The lowest BCUT2D eigenvalue weighted by molar-refractivity contribution is 0.0535. The van der Waals surface area contributed by atoms with Crippen LogP contribution in [0, 0.1) is 5.82 Å². The Morgan fingerprint density at radius 3 is 2.94 bits per heavy atom. The van der Waals surface area contributed by atoms with E-state index in [0.717, 1.165) is 19.3 Å². The molecular weight excluding hydrogens is 233 g/mol. The average Bonchev–Trinajstić information content (AvgIpc) is 2.41. The van der Waals surface area contributed by atoms with Crippen molar-refractivity contribution >= 4 is 0 Å². The molecule has 1 fully saturated rings. The topological polar surface area (TPSA) is 41.5 Å². The van der Waals surface area contributed by atoms with Gasteiger partial charge in [0.1, 0.15) is 6.10 Å². The third kappa shape index (κ3) is 2.82. The van der Waals surface area contributed by atoms with Crippen molar-refractivity contribution in [3.8, 4) is 5.75 Å². The standard InChI is InChI=1S/C14H20FNO2/c1-16-14(10-17)8-4-5-11(9-14)18-13-7-3-2-6-12(13)15/h2-3,6-7,11,16-17H,4-5,8-10H2,1H3. The van der Waals surface area contributed by atoms with Gasteiger partial charge in [0.15, 0.2) is 11.6 Å². The maximum absolute atomic E-state index is 13.5. The summed E-state index contributed by atoms with van der Waals surface area (Å²) in [6.07, 6.45) is 3.46. The number of rotatable bonds is 4. The minimum atomic E-state index is -0.331. The van der Waals surface area contributed by atoms with Crippen molar-refractivity contribution in [2.45, 2.75) is 37.3 Å². The molecule has 1 saturated carbocycles. The number of aliphatic hydroxyl groups excluding tert-OH is 1. The second-order valence-corrected chi connectivity index (χ2v) is 4.96. The normalized spacial score (nSPS) is 28.1. The van der Waals surface area contributed by atoms with Crippen molar-refractivity contribution in [1.82, 2.24) is 5.32 Å². The van der Waals surface area contributed by atoms with Gasteiger partial charge in [-0.2, -0.15) is 0 Å². The molecule has 1 aliphatic rings. The summed E-state index contributed by atoms with van der Waals surface area (Å²) in [7, 11) is 1.85. The lowest BCUT2D eigenvalue weighted by atomic mass is 9.81. The maximum Gasteiger partial charge on any atom is 0.165 e. The van der Waals surface area contributed by atoms with E-state index in [1.807, 2.05) is 7.05 Å². The van der Waals surface area contributed by atoms with Gasteiger partial charge in [-0.3, -0.25) is 0 Å². The molecule has 4 heteroatoms. The SMILES string of the molecule is CNC1(CO)CCCC(Oc2ccccc2F)C1. The number of hydrogen-bond acceptors (Lipinski definition) is 3. The van der Waals surface area contributed by atoms with Crippen LogP contribution in [0.5, 0.6) is 5.75 Å². The van der Waals surface area contributed by atoms with Crippen LogP contribution >= 0.6 is 0 Å². The van der Waals surface area contributed by atoms with E-state index in [-0.39, 0.29) is 24.1 Å². The summed E-state index contributed by atoms with van der Waals surface area (Å²) < 4.78 is 19.2. The molecule has 0 radical (unpaired) electrons.